The first-order valence-electron chi connectivity index (χ1n) is 7.10. The van der Waals surface area contributed by atoms with E-state index < -0.39 is 16.0 Å². The molecular formula is C14H19N5O2S. The fourth-order valence-corrected chi connectivity index (χ4v) is 2.86. The van der Waals surface area contributed by atoms with Gasteiger partial charge in [-0.15, -0.1) is 5.10 Å². The van der Waals surface area contributed by atoms with Crippen LogP contribution in [0.4, 0.5) is 5.69 Å². The van der Waals surface area contributed by atoms with Gasteiger partial charge >= 0.3 is 0 Å². The molecule has 0 spiro atoms. The molecule has 1 amide bonds. The third-order valence-corrected chi connectivity index (χ3v) is 4.66. The number of nitrogens with one attached hydrogen (secondary N) is 1. The van der Waals surface area contributed by atoms with Crippen molar-refractivity contribution in [2.24, 2.45) is 0 Å². The summed E-state index contributed by atoms with van der Waals surface area (Å²) >= 11 is 0. The standard InChI is InChI=1S/C14H19N5O2S/c1-3-9-19-13(16-17-18-19)10-22(21)11(2)14(20)15-12-7-5-4-6-8-12/h4-8,11H,3,9-10H2,1-2H3,(H,15,20). The summed E-state index contributed by atoms with van der Waals surface area (Å²) in [5.41, 5.74) is 0.687. The number of aromatic nitrogens is 4. The minimum atomic E-state index is -1.39. The molecule has 22 heavy (non-hydrogen) atoms. The fraction of sp³-hybridized carbons (Fsp3) is 0.429. The zero-order valence-electron chi connectivity index (χ0n) is 12.6. The minimum Gasteiger partial charge on any atom is -0.325 e. The molecule has 0 saturated carbocycles. The van der Waals surface area contributed by atoms with Gasteiger partial charge in [0.25, 0.3) is 0 Å². The average molecular weight is 321 g/mol. The molecule has 2 aromatic rings. The summed E-state index contributed by atoms with van der Waals surface area (Å²) in [4.78, 5) is 12.1. The summed E-state index contributed by atoms with van der Waals surface area (Å²) in [6.07, 6.45) is 0.884. The topological polar surface area (TPSA) is 89.8 Å². The largest absolute Gasteiger partial charge is 0.325 e. The summed E-state index contributed by atoms with van der Waals surface area (Å²) in [5.74, 6) is 0.426. The highest BCUT2D eigenvalue weighted by Gasteiger charge is 2.22. The first kappa shape index (κ1) is 16.3. The van der Waals surface area contributed by atoms with Crippen LogP contribution in [0.15, 0.2) is 30.3 Å². The number of amides is 1. The molecule has 1 N–H and O–H groups in total. The molecule has 8 heteroatoms. The molecular weight excluding hydrogens is 302 g/mol. The zero-order valence-corrected chi connectivity index (χ0v) is 13.4. The van der Waals surface area contributed by atoms with Crippen molar-refractivity contribution >= 4 is 22.4 Å². The van der Waals surface area contributed by atoms with E-state index in [9.17, 15) is 9.00 Å². The number of rotatable bonds is 7. The van der Waals surface area contributed by atoms with Crippen LogP contribution in [0.1, 0.15) is 26.1 Å². The highest BCUT2D eigenvalue weighted by atomic mass is 32.2. The number of carbonyl (C=O) groups excluding carboxylic acids is 1. The zero-order chi connectivity index (χ0) is 15.9. The maximum absolute atomic E-state index is 12.3. The van der Waals surface area contributed by atoms with Gasteiger partial charge in [0.05, 0.1) is 5.75 Å². The van der Waals surface area contributed by atoms with E-state index in [1.54, 1.807) is 23.7 Å². The van der Waals surface area contributed by atoms with E-state index in [4.69, 9.17) is 0 Å². The smallest absolute Gasteiger partial charge is 0.239 e. The van der Waals surface area contributed by atoms with Crippen molar-refractivity contribution in [1.82, 2.24) is 20.2 Å². The Morgan fingerprint density at radius 3 is 2.77 bits per heavy atom. The summed E-state index contributed by atoms with van der Waals surface area (Å²) < 4.78 is 14.0. The lowest BCUT2D eigenvalue weighted by Crippen LogP contribution is -2.30. The molecule has 0 aliphatic rings. The predicted molar refractivity (Wildman–Crippen MR) is 84.5 cm³/mol. The van der Waals surface area contributed by atoms with Crippen LogP contribution in [-0.4, -0.2) is 35.6 Å². The number of anilines is 1. The van der Waals surface area contributed by atoms with Gasteiger partial charge in [-0.1, -0.05) is 25.1 Å². The molecule has 0 saturated heterocycles. The Morgan fingerprint density at radius 2 is 2.09 bits per heavy atom. The molecule has 1 aromatic carbocycles. The van der Waals surface area contributed by atoms with Gasteiger partial charge in [0.15, 0.2) is 5.82 Å². The summed E-state index contributed by atoms with van der Waals surface area (Å²) in [6, 6.07) is 9.10. The molecule has 0 aliphatic carbocycles. The number of tetrazole rings is 1. The van der Waals surface area contributed by atoms with Crippen LogP contribution < -0.4 is 5.32 Å². The number of hydrogen-bond acceptors (Lipinski definition) is 5. The Bertz CT molecular complexity index is 644. The van der Waals surface area contributed by atoms with E-state index in [2.05, 4.69) is 20.8 Å². The Balaban J connectivity index is 1.96. The first-order valence-corrected chi connectivity index (χ1v) is 8.48. The average Bonchev–Trinajstić information content (AvgIpc) is 2.95. The van der Waals surface area contributed by atoms with E-state index in [0.717, 1.165) is 6.42 Å². The number of para-hydroxylation sites is 1. The molecule has 1 aromatic heterocycles. The number of nitrogens with zero attached hydrogens (tertiary/aromatic N) is 4. The van der Waals surface area contributed by atoms with Crippen molar-refractivity contribution in [1.29, 1.82) is 0 Å². The van der Waals surface area contributed by atoms with Gasteiger partial charge < -0.3 is 5.32 Å². The Kier molecular flexibility index (Phi) is 5.76. The Hall–Kier alpha value is -2.09. The second kappa shape index (κ2) is 7.79. The van der Waals surface area contributed by atoms with E-state index in [0.29, 0.717) is 18.1 Å². The van der Waals surface area contributed by atoms with Crippen molar-refractivity contribution < 1.29 is 9.00 Å². The maximum atomic E-state index is 12.3. The lowest BCUT2D eigenvalue weighted by atomic mass is 10.3. The van der Waals surface area contributed by atoms with Gasteiger partial charge in [0, 0.05) is 23.0 Å². The van der Waals surface area contributed by atoms with Gasteiger partial charge in [-0.25, -0.2) is 4.68 Å². The summed E-state index contributed by atoms with van der Waals surface area (Å²) in [5, 5.41) is 13.4. The molecule has 7 nitrogen and oxygen atoms in total. The molecule has 1 heterocycles. The predicted octanol–water partition coefficient (Wildman–Crippen LogP) is 1.36. The third-order valence-electron chi connectivity index (χ3n) is 3.12. The third kappa shape index (κ3) is 4.20. The van der Waals surface area contributed by atoms with E-state index in [-0.39, 0.29) is 11.7 Å². The molecule has 2 atom stereocenters. The van der Waals surface area contributed by atoms with Gasteiger partial charge in [0.1, 0.15) is 5.25 Å². The maximum Gasteiger partial charge on any atom is 0.239 e. The summed E-state index contributed by atoms with van der Waals surface area (Å²) in [7, 11) is -1.39. The molecule has 0 aliphatic heterocycles. The number of hydrogen-bond donors (Lipinski definition) is 1. The van der Waals surface area contributed by atoms with Crippen LogP contribution in [0, 0.1) is 0 Å². The van der Waals surface area contributed by atoms with Crippen LogP contribution in [0.25, 0.3) is 0 Å². The molecule has 0 fully saturated rings. The van der Waals surface area contributed by atoms with Gasteiger partial charge in [0.2, 0.25) is 5.91 Å². The molecule has 0 bridgehead atoms. The second-order valence-electron chi connectivity index (χ2n) is 4.84. The fourth-order valence-electron chi connectivity index (χ4n) is 1.85. The van der Waals surface area contributed by atoms with Crippen LogP contribution in [0.5, 0.6) is 0 Å². The number of benzene rings is 1. The van der Waals surface area contributed by atoms with Crippen LogP contribution in [0.2, 0.25) is 0 Å². The van der Waals surface area contributed by atoms with Crippen molar-refractivity contribution in [3.05, 3.63) is 36.2 Å². The molecule has 2 unspecified atom stereocenters. The monoisotopic (exact) mass is 321 g/mol. The van der Waals surface area contributed by atoms with Gasteiger partial charge in [-0.2, -0.15) is 0 Å². The quantitative estimate of drug-likeness (QED) is 0.831. The SMILES string of the molecule is CCCn1nnnc1CS(=O)C(C)C(=O)Nc1ccccc1. The van der Waals surface area contributed by atoms with E-state index in [1.165, 1.54) is 0 Å². The van der Waals surface area contributed by atoms with E-state index in [1.807, 2.05) is 25.1 Å². The lowest BCUT2D eigenvalue weighted by Gasteiger charge is -2.12. The van der Waals surface area contributed by atoms with Gasteiger partial charge in [-0.3, -0.25) is 9.00 Å². The Labute approximate surface area is 131 Å². The second-order valence-corrected chi connectivity index (χ2v) is 6.60. The van der Waals surface area contributed by atoms with Crippen LogP contribution in [-0.2, 0) is 27.9 Å². The number of aryl methyl sites for hydroxylation is 1. The molecule has 0 radical (unpaired) electrons. The number of carbonyl (C=O) groups is 1. The van der Waals surface area contributed by atoms with Gasteiger partial charge in [-0.05, 0) is 35.9 Å². The van der Waals surface area contributed by atoms with Crippen LogP contribution in [0.3, 0.4) is 0 Å². The van der Waals surface area contributed by atoms with Crippen molar-refractivity contribution in [2.75, 3.05) is 5.32 Å². The minimum absolute atomic E-state index is 0.163. The highest BCUT2D eigenvalue weighted by molar-refractivity contribution is 7.85. The first-order chi connectivity index (χ1) is 10.6. The Morgan fingerprint density at radius 1 is 1.36 bits per heavy atom. The lowest BCUT2D eigenvalue weighted by molar-refractivity contribution is -0.115. The van der Waals surface area contributed by atoms with Crippen molar-refractivity contribution in [3.63, 3.8) is 0 Å². The van der Waals surface area contributed by atoms with Crippen molar-refractivity contribution in [2.45, 2.75) is 37.8 Å². The van der Waals surface area contributed by atoms with E-state index >= 15 is 0 Å². The normalized spacial score (nSPS) is 13.5. The summed E-state index contributed by atoms with van der Waals surface area (Å²) in [6.45, 7) is 4.32. The van der Waals surface area contributed by atoms with Crippen LogP contribution >= 0.6 is 0 Å². The molecule has 118 valence electrons. The van der Waals surface area contributed by atoms with Crippen molar-refractivity contribution in [3.8, 4) is 0 Å². The molecule has 2 rings (SSSR count). The highest BCUT2D eigenvalue weighted by Crippen LogP contribution is 2.10.